The van der Waals surface area contributed by atoms with Crippen LogP contribution >= 0.6 is 11.6 Å². The summed E-state index contributed by atoms with van der Waals surface area (Å²) in [6.45, 7) is 1.54. The maximum atomic E-state index is 13.1. The lowest BCUT2D eigenvalue weighted by molar-refractivity contribution is -0.132. The number of aromatic nitrogens is 2. The minimum Gasteiger partial charge on any atom is -0.368 e. The average molecular weight is 491 g/mol. The SMILES string of the molecule is O=C(Cn1nc(S(=O)(=O)c2ccc(Cl)cc2)ccc1=O)N1CCN(c2ccc(F)cc2)CC1. The van der Waals surface area contributed by atoms with Crippen molar-refractivity contribution in [2.24, 2.45) is 0 Å². The Balaban J connectivity index is 1.46. The van der Waals surface area contributed by atoms with Gasteiger partial charge >= 0.3 is 0 Å². The van der Waals surface area contributed by atoms with Crippen LogP contribution < -0.4 is 10.5 Å². The van der Waals surface area contributed by atoms with Crippen molar-refractivity contribution < 1.29 is 17.6 Å². The first-order valence-corrected chi connectivity index (χ1v) is 12.0. The molecule has 11 heteroatoms. The fourth-order valence-electron chi connectivity index (χ4n) is 3.52. The number of hydrogen-bond acceptors (Lipinski definition) is 6. The first-order chi connectivity index (χ1) is 15.7. The zero-order valence-corrected chi connectivity index (χ0v) is 19.0. The van der Waals surface area contributed by atoms with Gasteiger partial charge in [-0.3, -0.25) is 9.59 Å². The highest BCUT2D eigenvalue weighted by atomic mass is 35.5. The fourth-order valence-corrected chi connectivity index (χ4v) is 4.83. The normalized spacial score (nSPS) is 14.4. The second-order valence-corrected chi connectivity index (χ2v) is 9.80. The number of carbonyl (C=O) groups is 1. The molecule has 0 radical (unpaired) electrons. The van der Waals surface area contributed by atoms with E-state index in [1.54, 1.807) is 17.0 Å². The van der Waals surface area contributed by atoms with Crippen LogP contribution in [0.2, 0.25) is 5.02 Å². The van der Waals surface area contributed by atoms with Crippen LogP contribution in [0.5, 0.6) is 0 Å². The lowest BCUT2D eigenvalue weighted by Crippen LogP contribution is -2.50. The monoisotopic (exact) mass is 490 g/mol. The number of piperazine rings is 1. The highest BCUT2D eigenvalue weighted by Gasteiger charge is 2.24. The molecule has 0 saturated carbocycles. The number of halogens is 2. The lowest BCUT2D eigenvalue weighted by Gasteiger charge is -2.36. The third kappa shape index (κ3) is 5.07. The maximum absolute atomic E-state index is 13.1. The Morgan fingerprint density at radius 1 is 0.939 bits per heavy atom. The van der Waals surface area contributed by atoms with Crippen LogP contribution in [0, 0.1) is 5.82 Å². The molecule has 1 aromatic heterocycles. The molecule has 0 aliphatic carbocycles. The van der Waals surface area contributed by atoms with Crippen molar-refractivity contribution in [3.8, 4) is 0 Å². The number of amides is 1. The van der Waals surface area contributed by atoms with Crippen LogP contribution in [0.4, 0.5) is 10.1 Å². The molecule has 172 valence electrons. The fraction of sp³-hybridized carbons (Fsp3) is 0.227. The predicted molar refractivity (Wildman–Crippen MR) is 121 cm³/mol. The quantitative estimate of drug-likeness (QED) is 0.544. The van der Waals surface area contributed by atoms with Crippen LogP contribution in [-0.2, 0) is 21.2 Å². The Bertz CT molecular complexity index is 1320. The Labute approximate surface area is 194 Å². The topological polar surface area (TPSA) is 92.6 Å². The summed E-state index contributed by atoms with van der Waals surface area (Å²) in [6, 6.07) is 13.9. The van der Waals surface area contributed by atoms with E-state index >= 15 is 0 Å². The molecule has 0 bridgehead atoms. The second-order valence-electron chi connectivity index (χ2n) is 7.47. The van der Waals surface area contributed by atoms with E-state index in [4.69, 9.17) is 11.6 Å². The Morgan fingerprint density at radius 3 is 2.21 bits per heavy atom. The van der Waals surface area contributed by atoms with Crippen molar-refractivity contribution in [1.82, 2.24) is 14.7 Å². The van der Waals surface area contributed by atoms with Crippen molar-refractivity contribution in [2.75, 3.05) is 31.1 Å². The molecule has 1 amide bonds. The molecule has 0 spiro atoms. The van der Waals surface area contributed by atoms with Gasteiger partial charge in [0.15, 0.2) is 5.03 Å². The molecule has 0 unspecified atom stereocenters. The van der Waals surface area contributed by atoms with Crippen LogP contribution in [0.15, 0.2) is 75.4 Å². The van der Waals surface area contributed by atoms with E-state index in [2.05, 4.69) is 5.10 Å². The number of sulfone groups is 1. The zero-order chi connectivity index (χ0) is 23.6. The van der Waals surface area contributed by atoms with E-state index in [9.17, 15) is 22.4 Å². The van der Waals surface area contributed by atoms with Gasteiger partial charge in [-0.1, -0.05) is 11.6 Å². The van der Waals surface area contributed by atoms with E-state index < -0.39 is 15.4 Å². The van der Waals surface area contributed by atoms with Gasteiger partial charge in [0, 0.05) is 43.0 Å². The number of rotatable bonds is 5. The molecular weight excluding hydrogens is 471 g/mol. The van der Waals surface area contributed by atoms with Crippen molar-refractivity contribution in [1.29, 1.82) is 0 Å². The van der Waals surface area contributed by atoms with E-state index in [-0.39, 0.29) is 28.2 Å². The smallest absolute Gasteiger partial charge is 0.267 e. The molecule has 1 fully saturated rings. The van der Waals surface area contributed by atoms with Crippen LogP contribution in [0.3, 0.4) is 0 Å². The van der Waals surface area contributed by atoms with Gasteiger partial charge in [-0.05, 0) is 54.6 Å². The van der Waals surface area contributed by atoms with Gasteiger partial charge in [0.05, 0.1) is 4.90 Å². The Kier molecular flexibility index (Phi) is 6.48. The van der Waals surface area contributed by atoms with Gasteiger partial charge in [0.25, 0.3) is 5.56 Å². The molecule has 3 aromatic rings. The van der Waals surface area contributed by atoms with Crippen molar-refractivity contribution >= 4 is 33.0 Å². The molecular formula is C22H20ClFN4O4S. The van der Waals surface area contributed by atoms with Gasteiger partial charge in [-0.25, -0.2) is 17.5 Å². The Morgan fingerprint density at radius 2 is 1.58 bits per heavy atom. The lowest BCUT2D eigenvalue weighted by atomic mass is 10.2. The minimum absolute atomic E-state index is 0.0205. The van der Waals surface area contributed by atoms with Crippen LogP contribution in [-0.4, -0.2) is 55.2 Å². The largest absolute Gasteiger partial charge is 0.368 e. The van der Waals surface area contributed by atoms with Gasteiger partial charge in [0.2, 0.25) is 15.7 Å². The highest BCUT2D eigenvalue weighted by molar-refractivity contribution is 7.91. The molecule has 4 rings (SSSR count). The van der Waals surface area contributed by atoms with Gasteiger partial charge in [-0.2, -0.15) is 5.10 Å². The second kappa shape index (κ2) is 9.32. The summed E-state index contributed by atoms with van der Waals surface area (Å²) in [7, 11) is -3.98. The number of nitrogens with zero attached hydrogens (tertiary/aromatic N) is 4. The van der Waals surface area contributed by atoms with E-state index in [0.29, 0.717) is 31.2 Å². The predicted octanol–water partition coefficient (Wildman–Crippen LogP) is 2.22. The minimum atomic E-state index is -3.98. The average Bonchev–Trinajstić information content (AvgIpc) is 2.81. The molecule has 33 heavy (non-hydrogen) atoms. The molecule has 1 aliphatic rings. The molecule has 2 heterocycles. The number of anilines is 1. The summed E-state index contributed by atoms with van der Waals surface area (Å²) < 4.78 is 39.7. The van der Waals surface area contributed by atoms with E-state index in [1.807, 2.05) is 4.90 Å². The summed E-state index contributed by atoms with van der Waals surface area (Å²) in [5.74, 6) is -0.657. The van der Waals surface area contributed by atoms with Crippen molar-refractivity contribution in [3.63, 3.8) is 0 Å². The maximum Gasteiger partial charge on any atom is 0.267 e. The third-order valence-corrected chi connectivity index (χ3v) is 7.26. The molecule has 1 aliphatic heterocycles. The highest BCUT2D eigenvalue weighted by Crippen LogP contribution is 2.20. The van der Waals surface area contributed by atoms with Gasteiger partial charge in [0.1, 0.15) is 12.4 Å². The summed E-state index contributed by atoms with van der Waals surface area (Å²) in [5.41, 5.74) is 0.282. The number of carbonyl (C=O) groups excluding carboxylic acids is 1. The molecule has 2 aromatic carbocycles. The summed E-state index contributed by atoms with van der Waals surface area (Å²) in [6.07, 6.45) is 0. The Hall–Kier alpha value is -3.24. The molecule has 0 N–H and O–H groups in total. The van der Waals surface area contributed by atoms with Gasteiger partial charge in [-0.15, -0.1) is 0 Å². The summed E-state index contributed by atoms with van der Waals surface area (Å²) >= 11 is 5.82. The molecule has 8 nitrogen and oxygen atoms in total. The first kappa shape index (κ1) is 22.9. The molecule has 1 saturated heterocycles. The van der Waals surface area contributed by atoms with E-state index in [1.165, 1.54) is 36.4 Å². The zero-order valence-electron chi connectivity index (χ0n) is 17.4. The third-order valence-electron chi connectivity index (χ3n) is 5.35. The summed E-state index contributed by atoms with van der Waals surface area (Å²) in [4.78, 5) is 28.6. The molecule has 0 atom stereocenters. The van der Waals surface area contributed by atoms with Gasteiger partial charge < -0.3 is 9.80 Å². The standard InChI is InChI=1S/C22H20ClFN4O4S/c23-16-1-7-19(8-2-16)33(31,32)20-9-10-21(29)28(25-20)15-22(30)27-13-11-26(12-14-27)18-5-3-17(24)4-6-18/h1-10H,11-15H2. The van der Waals surface area contributed by atoms with E-state index in [0.717, 1.165) is 22.5 Å². The number of benzene rings is 2. The number of hydrogen-bond donors (Lipinski definition) is 0. The van der Waals surface area contributed by atoms with Crippen LogP contribution in [0.25, 0.3) is 0 Å². The van der Waals surface area contributed by atoms with Crippen molar-refractivity contribution in [3.05, 3.63) is 81.9 Å². The van der Waals surface area contributed by atoms with Crippen molar-refractivity contribution in [2.45, 2.75) is 16.5 Å². The van der Waals surface area contributed by atoms with Crippen LogP contribution in [0.1, 0.15) is 0 Å². The first-order valence-electron chi connectivity index (χ1n) is 10.1. The summed E-state index contributed by atoms with van der Waals surface area (Å²) in [5, 5.41) is 3.99.